The van der Waals surface area contributed by atoms with E-state index in [4.69, 9.17) is 4.74 Å². The standard InChI is InChI=1S/C13H20N4O5S/c1-22-12-3-2-11(17(18)19)10-13(12)23(20,21)15-6-9-16-7-4-14-5-8-16/h2-3,10,14-15H,4-9H2,1H3. The van der Waals surface area contributed by atoms with E-state index < -0.39 is 14.9 Å². The van der Waals surface area contributed by atoms with Crippen LogP contribution in [0.15, 0.2) is 23.1 Å². The molecule has 9 nitrogen and oxygen atoms in total. The number of nitro benzene ring substituents is 1. The molecule has 1 aliphatic rings. The van der Waals surface area contributed by atoms with Gasteiger partial charge in [-0.3, -0.25) is 15.0 Å². The number of methoxy groups -OCH3 is 1. The summed E-state index contributed by atoms with van der Waals surface area (Å²) in [5, 5.41) is 14.1. The number of ether oxygens (including phenoxy) is 1. The van der Waals surface area contributed by atoms with E-state index in [9.17, 15) is 18.5 Å². The highest BCUT2D eigenvalue weighted by atomic mass is 32.2. The fourth-order valence-electron chi connectivity index (χ4n) is 2.34. The van der Waals surface area contributed by atoms with Crippen molar-refractivity contribution in [2.75, 3.05) is 46.4 Å². The van der Waals surface area contributed by atoms with Crippen LogP contribution in [0.5, 0.6) is 5.75 Å². The third-order valence-electron chi connectivity index (χ3n) is 3.58. The van der Waals surface area contributed by atoms with Gasteiger partial charge < -0.3 is 10.1 Å². The highest BCUT2D eigenvalue weighted by molar-refractivity contribution is 7.89. The van der Waals surface area contributed by atoms with Crippen molar-refractivity contribution in [3.05, 3.63) is 28.3 Å². The summed E-state index contributed by atoms with van der Waals surface area (Å²) in [4.78, 5) is 12.1. The highest BCUT2D eigenvalue weighted by Gasteiger charge is 2.23. The third kappa shape index (κ3) is 4.61. The molecule has 23 heavy (non-hydrogen) atoms. The van der Waals surface area contributed by atoms with Crippen LogP contribution in [0.1, 0.15) is 0 Å². The van der Waals surface area contributed by atoms with Gasteiger partial charge in [-0.25, -0.2) is 13.1 Å². The Balaban J connectivity index is 2.08. The number of rotatable bonds is 7. The minimum atomic E-state index is -3.88. The van der Waals surface area contributed by atoms with Crippen molar-refractivity contribution in [3.63, 3.8) is 0 Å². The van der Waals surface area contributed by atoms with E-state index in [1.54, 1.807) is 0 Å². The molecule has 0 aromatic heterocycles. The molecular weight excluding hydrogens is 324 g/mol. The smallest absolute Gasteiger partial charge is 0.271 e. The Morgan fingerprint density at radius 3 is 2.70 bits per heavy atom. The SMILES string of the molecule is COc1ccc([N+](=O)[O-])cc1S(=O)(=O)NCCN1CCNCC1. The minimum absolute atomic E-state index is 0.0743. The van der Waals surface area contributed by atoms with Gasteiger partial charge in [-0.15, -0.1) is 0 Å². The van der Waals surface area contributed by atoms with E-state index in [-0.39, 0.29) is 22.9 Å². The summed E-state index contributed by atoms with van der Waals surface area (Å²) in [7, 11) is -2.56. The molecule has 2 N–H and O–H groups in total. The van der Waals surface area contributed by atoms with Crippen LogP contribution in [0.2, 0.25) is 0 Å². The molecule has 1 saturated heterocycles. The maximum atomic E-state index is 12.4. The molecule has 0 bridgehead atoms. The van der Waals surface area contributed by atoms with Gasteiger partial charge in [0.25, 0.3) is 5.69 Å². The molecule has 0 radical (unpaired) electrons. The zero-order valence-electron chi connectivity index (χ0n) is 12.8. The number of nitro groups is 1. The van der Waals surface area contributed by atoms with Gasteiger partial charge in [0.15, 0.2) is 0 Å². The Bertz CT molecular complexity index is 658. The highest BCUT2D eigenvalue weighted by Crippen LogP contribution is 2.27. The predicted octanol–water partition coefficient (Wildman–Crippen LogP) is -0.213. The first-order valence-corrected chi connectivity index (χ1v) is 8.67. The Hall–Kier alpha value is -1.75. The second-order valence-corrected chi connectivity index (χ2v) is 6.82. The molecule has 1 aliphatic heterocycles. The van der Waals surface area contributed by atoms with Gasteiger partial charge in [0, 0.05) is 51.4 Å². The van der Waals surface area contributed by atoms with Crippen LogP contribution in [0.25, 0.3) is 0 Å². The number of benzene rings is 1. The lowest BCUT2D eigenvalue weighted by Gasteiger charge is -2.27. The second-order valence-electron chi connectivity index (χ2n) is 5.08. The van der Waals surface area contributed by atoms with E-state index in [1.165, 1.54) is 19.2 Å². The molecular formula is C13H20N4O5S. The minimum Gasteiger partial charge on any atom is -0.495 e. The van der Waals surface area contributed by atoms with Crippen LogP contribution in [0, 0.1) is 10.1 Å². The zero-order chi connectivity index (χ0) is 16.9. The molecule has 0 atom stereocenters. The maximum Gasteiger partial charge on any atom is 0.271 e. The fourth-order valence-corrected chi connectivity index (χ4v) is 3.55. The topological polar surface area (TPSA) is 114 Å². The molecule has 1 aromatic carbocycles. The van der Waals surface area contributed by atoms with Crippen molar-refractivity contribution in [3.8, 4) is 5.75 Å². The summed E-state index contributed by atoms with van der Waals surface area (Å²) in [5.41, 5.74) is -0.298. The van der Waals surface area contributed by atoms with Gasteiger partial charge in [-0.2, -0.15) is 0 Å². The first kappa shape index (κ1) is 17.6. The Kier molecular flexibility index (Phi) is 5.88. The maximum absolute atomic E-state index is 12.4. The van der Waals surface area contributed by atoms with Gasteiger partial charge in [0.1, 0.15) is 10.6 Å². The number of non-ortho nitro benzene ring substituents is 1. The number of piperazine rings is 1. The van der Waals surface area contributed by atoms with Gasteiger partial charge >= 0.3 is 0 Å². The number of nitrogens with zero attached hydrogens (tertiary/aromatic N) is 2. The monoisotopic (exact) mass is 344 g/mol. The Labute approximate surface area is 134 Å². The molecule has 0 unspecified atom stereocenters. The lowest BCUT2D eigenvalue weighted by molar-refractivity contribution is -0.385. The molecule has 1 fully saturated rings. The molecule has 0 aliphatic carbocycles. The molecule has 0 spiro atoms. The first-order valence-electron chi connectivity index (χ1n) is 7.19. The zero-order valence-corrected chi connectivity index (χ0v) is 13.6. The largest absolute Gasteiger partial charge is 0.495 e. The van der Waals surface area contributed by atoms with Crippen LogP contribution in [0.4, 0.5) is 5.69 Å². The molecule has 10 heteroatoms. The lowest BCUT2D eigenvalue weighted by Crippen LogP contribution is -2.46. The van der Waals surface area contributed by atoms with Crippen molar-refractivity contribution in [1.82, 2.24) is 14.9 Å². The summed E-state index contributed by atoms with van der Waals surface area (Å²) in [6.45, 7) is 4.30. The van der Waals surface area contributed by atoms with Crippen LogP contribution >= 0.6 is 0 Å². The average molecular weight is 344 g/mol. The van der Waals surface area contributed by atoms with E-state index in [2.05, 4.69) is 14.9 Å². The summed E-state index contributed by atoms with van der Waals surface area (Å²) >= 11 is 0. The van der Waals surface area contributed by atoms with Gasteiger partial charge in [0.05, 0.1) is 12.0 Å². The molecule has 0 saturated carbocycles. The summed E-state index contributed by atoms with van der Waals surface area (Å²) < 4.78 is 32.2. The third-order valence-corrected chi connectivity index (χ3v) is 5.06. The molecule has 1 heterocycles. The Morgan fingerprint density at radius 2 is 2.09 bits per heavy atom. The van der Waals surface area contributed by atoms with E-state index >= 15 is 0 Å². The summed E-state index contributed by atoms with van der Waals surface area (Å²) in [5.74, 6) is 0.0743. The lowest BCUT2D eigenvalue weighted by atomic mass is 10.3. The number of nitrogens with one attached hydrogen (secondary N) is 2. The molecule has 128 valence electrons. The van der Waals surface area contributed by atoms with Crippen molar-refractivity contribution >= 4 is 15.7 Å². The van der Waals surface area contributed by atoms with Crippen LogP contribution in [0.3, 0.4) is 0 Å². The van der Waals surface area contributed by atoms with Crippen molar-refractivity contribution < 1.29 is 18.1 Å². The fraction of sp³-hybridized carbons (Fsp3) is 0.538. The normalized spacial score (nSPS) is 16.2. The quantitative estimate of drug-likeness (QED) is 0.519. The van der Waals surface area contributed by atoms with Crippen molar-refractivity contribution in [1.29, 1.82) is 0 Å². The Morgan fingerprint density at radius 1 is 1.39 bits per heavy atom. The first-order chi connectivity index (χ1) is 10.9. The van der Waals surface area contributed by atoms with Crippen LogP contribution in [-0.2, 0) is 10.0 Å². The van der Waals surface area contributed by atoms with Gasteiger partial charge in [0.2, 0.25) is 10.0 Å². The number of hydrogen-bond acceptors (Lipinski definition) is 7. The molecule has 1 aromatic rings. The van der Waals surface area contributed by atoms with E-state index in [0.717, 1.165) is 32.2 Å². The van der Waals surface area contributed by atoms with Gasteiger partial charge in [-0.05, 0) is 6.07 Å². The van der Waals surface area contributed by atoms with Crippen molar-refractivity contribution in [2.45, 2.75) is 4.90 Å². The summed E-state index contributed by atoms with van der Waals surface area (Å²) in [6, 6.07) is 3.49. The van der Waals surface area contributed by atoms with Gasteiger partial charge in [-0.1, -0.05) is 0 Å². The number of sulfonamides is 1. The molecule has 2 rings (SSSR count). The molecule has 0 amide bonds. The van der Waals surface area contributed by atoms with Crippen LogP contribution in [-0.4, -0.2) is 64.6 Å². The predicted molar refractivity (Wildman–Crippen MR) is 84.1 cm³/mol. The van der Waals surface area contributed by atoms with E-state index in [1.807, 2.05) is 0 Å². The van der Waals surface area contributed by atoms with Crippen molar-refractivity contribution in [2.24, 2.45) is 0 Å². The average Bonchev–Trinajstić information content (AvgIpc) is 2.55. The summed E-state index contributed by atoms with van der Waals surface area (Å²) in [6.07, 6.45) is 0. The van der Waals surface area contributed by atoms with E-state index in [0.29, 0.717) is 6.54 Å². The second kappa shape index (κ2) is 7.68. The van der Waals surface area contributed by atoms with Crippen LogP contribution < -0.4 is 14.8 Å². The number of hydrogen-bond donors (Lipinski definition) is 2.